The molecule has 28 heavy (non-hydrogen) atoms. The number of anilines is 1. The number of rotatable bonds is 3. The van der Waals surface area contributed by atoms with Crippen LogP contribution in [0.15, 0.2) is 28.8 Å². The molecule has 2 heterocycles. The van der Waals surface area contributed by atoms with Crippen molar-refractivity contribution in [2.24, 2.45) is 5.73 Å². The molecule has 2 aliphatic rings. The summed E-state index contributed by atoms with van der Waals surface area (Å²) < 4.78 is 5.54. The maximum Gasteiger partial charge on any atom is 0.321 e. The van der Waals surface area contributed by atoms with Gasteiger partial charge in [0, 0.05) is 18.8 Å². The molecule has 1 atom stereocenters. The zero-order valence-electron chi connectivity index (χ0n) is 16.2. The highest BCUT2D eigenvalue weighted by Crippen LogP contribution is 2.36. The molecule has 7 nitrogen and oxygen atoms in total. The number of nitrogens with two attached hydrogens (primary N) is 1. The molecule has 2 amide bonds. The van der Waals surface area contributed by atoms with Crippen LogP contribution in [0, 0.1) is 6.92 Å². The Hall–Kier alpha value is -2.12. The van der Waals surface area contributed by atoms with Crippen molar-refractivity contribution in [1.82, 2.24) is 15.0 Å². The van der Waals surface area contributed by atoms with Crippen LogP contribution >= 0.6 is 12.4 Å². The van der Waals surface area contributed by atoms with Crippen molar-refractivity contribution in [3.8, 4) is 0 Å². The first-order valence-electron chi connectivity index (χ1n) is 9.79. The fourth-order valence-electron chi connectivity index (χ4n) is 4.12. The van der Waals surface area contributed by atoms with Crippen molar-refractivity contribution in [2.45, 2.75) is 56.9 Å². The third kappa shape index (κ3) is 4.31. The van der Waals surface area contributed by atoms with Crippen molar-refractivity contribution in [1.29, 1.82) is 0 Å². The van der Waals surface area contributed by atoms with Crippen molar-refractivity contribution in [3.63, 3.8) is 0 Å². The summed E-state index contributed by atoms with van der Waals surface area (Å²) in [5, 5.41) is 7.14. The molecule has 0 bridgehead atoms. The molecule has 1 saturated carbocycles. The second kappa shape index (κ2) is 8.49. The average Bonchev–Trinajstić information content (AvgIpc) is 3.32. The lowest BCUT2D eigenvalue weighted by Gasteiger charge is -2.31. The smallest absolute Gasteiger partial charge is 0.321 e. The fourth-order valence-corrected chi connectivity index (χ4v) is 4.12. The molecule has 8 heteroatoms. The van der Waals surface area contributed by atoms with Gasteiger partial charge in [-0.3, -0.25) is 0 Å². The number of benzene rings is 1. The Morgan fingerprint density at radius 2 is 2.11 bits per heavy atom. The number of piperidine rings is 1. The zero-order valence-corrected chi connectivity index (χ0v) is 17.0. The summed E-state index contributed by atoms with van der Waals surface area (Å²) >= 11 is 0. The minimum Gasteiger partial charge on any atom is -0.339 e. The zero-order chi connectivity index (χ0) is 18.9. The van der Waals surface area contributed by atoms with E-state index in [2.05, 4.69) is 15.5 Å². The highest BCUT2D eigenvalue weighted by Gasteiger charge is 2.37. The van der Waals surface area contributed by atoms with Gasteiger partial charge in [0.1, 0.15) is 0 Å². The highest BCUT2D eigenvalue weighted by molar-refractivity contribution is 5.89. The van der Waals surface area contributed by atoms with Crippen molar-refractivity contribution in [2.75, 3.05) is 18.4 Å². The van der Waals surface area contributed by atoms with Gasteiger partial charge in [-0.1, -0.05) is 30.1 Å². The van der Waals surface area contributed by atoms with Crippen LogP contribution in [0.4, 0.5) is 10.5 Å². The fraction of sp³-hybridized carbons (Fsp3) is 0.550. The minimum atomic E-state index is -0.446. The van der Waals surface area contributed by atoms with Gasteiger partial charge in [-0.05, 0) is 50.3 Å². The van der Waals surface area contributed by atoms with Crippen LogP contribution in [-0.2, 0) is 5.54 Å². The van der Waals surface area contributed by atoms with Crippen LogP contribution in [0.3, 0.4) is 0 Å². The standard InChI is InChI=1S/C20H27N5O2.ClH/c1-14-6-4-8-16(12-14)22-19(26)25-11-5-7-15(13-25)17-23-18(24-27-17)20(21)9-2-3-10-20;/h4,6,8,12,15H,2-3,5,7,9-11,13,21H2,1H3,(H,22,26);1H. The molecule has 3 N–H and O–H groups in total. The normalized spacial score (nSPS) is 21.2. The Kier molecular flexibility index (Phi) is 6.25. The van der Waals surface area contributed by atoms with Crippen molar-refractivity contribution in [3.05, 3.63) is 41.5 Å². The number of nitrogens with one attached hydrogen (secondary N) is 1. The molecule has 1 aromatic carbocycles. The van der Waals surface area contributed by atoms with E-state index in [4.69, 9.17) is 10.3 Å². The van der Waals surface area contributed by atoms with Gasteiger partial charge in [0.05, 0.1) is 11.5 Å². The number of nitrogens with zero attached hydrogens (tertiary/aromatic N) is 3. The Morgan fingerprint density at radius 3 is 2.86 bits per heavy atom. The molecule has 0 radical (unpaired) electrons. The van der Waals surface area contributed by atoms with E-state index in [0.717, 1.165) is 56.3 Å². The van der Waals surface area contributed by atoms with Crippen LogP contribution in [0.5, 0.6) is 0 Å². The molecule has 2 fully saturated rings. The van der Waals surface area contributed by atoms with Gasteiger partial charge in [0.25, 0.3) is 0 Å². The summed E-state index contributed by atoms with van der Waals surface area (Å²) in [5.41, 5.74) is 7.92. The number of likely N-dealkylation sites (tertiary alicyclic amines) is 1. The molecule has 1 aromatic heterocycles. The van der Waals surface area contributed by atoms with Gasteiger partial charge in [0.2, 0.25) is 5.89 Å². The average molecular weight is 406 g/mol. The van der Waals surface area contributed by atoms with Crippen molar-refractivity contribution >= 4 is 24.1 Å². The highest BCUT2D eigenvalue weighted by atomic mass is 35.5. The van der Waals surface area contributed by atoms with Crippen LogP contribution in [0.2, 0.25) is 0 Å². The van der Waals surface area contributed by atoms with Crippen LogP contribution < -0.4 is 11.1 Å². The predicted octanol–water partition coefficient (Wildman–Crippen LogP) is 3.94. The van der Waals surface area contributed by atoms with Gasteiger partial charge in [-0.25, -0.2) is 4.79 Å². The molecular formula is C20H28ClN5O2. The number of urea groups is 1. The first-order chi connectivity index (χ1) is 13.0. The van der Waals surface area contributed by atoms with Gasteiger partial charge in [-0.2, -0.15) is 4.98 Å². The van der Waals surface area contributed by atoms with Gasteiger partial charge < -0.3 is 20.5 Å². The number of carbonyl (C=O) groups excluding carboxylic acids is 1. The number of amides is 2. The van der Waals surface area contributed by atoms with E-state index in [1.165, 1.54) is 0 Å². The first-order valence-corrected chi connectivity index (χ1v) is 9.79. The number of hydrogen-bond acceptors (Lipinski definition) is 5. The lowest BCUT2D eigenvalue weighted by molar-refractivity contribution is 0.184. The summed E-state index contributed by atoms with van der Waals surface area (Å²) in [7, 11) is 0. The Morgan fingerprint density at radius 1 is 1.32 bits per heavy atom. The second-order valence-electron chi connectivity index (χ2n) is 7.90. The third-order valence-electron chi connectivity index (χ3n) is 5.71. The summed E-state index contributed by atoms with van der Waals surface area (Å²) in [6.07, 6.45) is 5.88. The molecule has 1 saturated heterocycles. The number of aryl methyl sites for hydroxylation is 1. The Balaban J connectivity index is 0.00000225. The topological polar surface area (TPSA) is 97.3 Å². The maximum absolute atomic E-state index is 12.6. The molecule has 2 aromatic rings. The minimum absolute atomic E-state index is 0. The maximum atomic E-state index is 12.6. The Bertz CT molecular complexity index is 818. The van der Waals surface area contributed by atoms with Gasteiger partial charge in [-0.15, -0.1) is 12.4 Å². The molecular weight excluding hydrogens is 378 g/mol. The second-order valence-corrected chi connectivity index (χ2v) is 7.90. The number of aromatic nitrogens is 2. The van der Waals surface area contributed by atoms with Gasteiger partial charge >= 0.3 is 6.03 Å². The first kappa shape index (κ1) is 20.6. The molecule has 152 valence electrons. The van der Waals surface area contributed by atoms with E-state index in [1.54, 1.807) is 0 Å². The third-order valence-corrected chi connectivity index (χ3v) is 5.71. The molecule has 1 aliphatic carbocycles. The lowest BCUT2D eigenvalue weighted by Crippen LogP contribution is -2.41. The van der Waals surface area contributed by atoms with E-state index in [1.807, 2.05) is 36.1 Å². The largest absolute Gasteiger partial charge is 0.339 e. The van der Waals surface area contributed by atoms with Crippen LogP contribution in [0.25, 0.3) is 0 Å². The predicted molar refractivity (Wildman–Crippen MR) is 110 cm³/mol. The monoisotopic (exact) mass is 405 g/mol. The SMILES string of the molecule is Cc1cccc(NC(=O)N2CCCC(c3nc(C4(N)CCCC4)no3)C2)c1.Cl. The van der Waals surface area contributed by atoms with E-state index in [9.17, 15) is 4.79 Å². The molecule has 4 rings (SSSR count). The summed E-state index contributed by atoms with van der Waals surface area (Å²) in [5.74, 6) is 1.29. The van der Waals surface area contributed by atoms with Crippen LogP contribution in [-0.4, -0.2) is 34.2 Å². The van der Waals surface area contributed by atoms with Crippen LogP contribution in [0.1, 0.15) is 61.7 Å². The molecule has 1 aliphatic heterocycles. The summed E-state index contributed by atoms with van der Waals surface area (Å²) in [4.78, 5) is 19.1. The lowest BCUT2D eigenvalue weighted by atomic mass is 9.97. The quantitative estimate of drug-likeness (QED) is 0.805. The summed E-state index contributed by atoms with van der Waals surface area (Å²) in [6.45, 7) is 3.32. The molecule has 0 spiro atoms. The van der Waals surface area contributed by atoms with E-state index < -0.39 is 5.54 Å². The van der Waals surface area contributed by atoms with E-state index in [0.29, 0.717) is 18.3 Å². The van der Waals surface area contributed by atoms with E-state index >= 15 is 0 Å². The van der Waals surface area contributed by atoms with Crippen molar-refractivity contribution < 1.29 is 9.32 Å². The number of carbonyl (C=O) groups is 1. The summed E-state index contributed by atoms with van der Waals surface area (Å²) in [6, 6.07) is 7.73. The number of halogens is 1. The number of hydrogen-bond donors (Lipinski definition) is 2. The Labute approximate surface area is 171 Å². The molecule has 1 unspecified atom stereocenters. The van der Waals surface area contributed by atoms with E-state index in [-0.39, 0.29) is 24.4 Å². The van der Waals surface area contributed by atoms with Gasteiger partial charge in [0.15, 0.2) is 5.82 Å².